The van der Waals surface area contributed by atoms with Crippen molar-refractivity contribution in [1.29, 1.82) is 0 Å². The second kappa shape index (κ2) is 10.6. The zero-order valence-electron chi connectivity index (χ0n) is 22.6. The molecule has 0 heterocycles. The van der Waals surface area contributed by atoms with E-state index in [0.29, 0.717) is 35.8 Å². The Morgan fingerprint density at radius 3 is 2.60 bits per heavy atom. The van der Waals surface area contributed by atoms with Gasteiger partial charge in [-0.2, -0.15) is 0 Å². The van der Waals surface area contributed by atoms with E-state index in [4.69, 9.17) is 9.47 Å². The van der Waals surface area contributed by atoms with Crippen LogP contribution in [0.4, 0.5) is 0 Å². The van der Waals surface area contributed by atoms with Crippen LogP contribution >= 0.6 is 0 Å². The predicted octanol–water partition coefficient (Wildman–Crippen LogP) is 5.49. The lowest BCUT2D eigenvalue weighted by Gasteiger charge is -2.63. The van der Waals surface area contributed by atoms with E-state index < -0.39 is 6.10 Å². The highest BCUT2D eigenvalue weighted by Crippen LogP contribution is 2.67. The first-order valence-electron chi connectivity index (χ1n) is 15.1. The maximum Gasteiger partial charge on any atom is 0.311 e. The summed E-state index contributed by atoms with van der Waals surface area (Å²) in [5.41, 5.74) is 0.436. The molecule has 5 aliphatic rings. The van der Waals surface area contributed by atoms with E-state index >= 15 is 0 Å². The Labute approximate surface area is 213 Å². The third-order valence-electron chi connectivity index (χ3n) is 11.5. The van der Waals surface area contributed by atoms with Gasteiger partial charge in [0.15, 0.2) is 0 Å². The van der Waals surface area contributed by atoms with Gasteiger partial charge in [0.1, 0.15) is 0 Å². The summed E-state index contributed by atoms with van der Waals surface area (Å²) in [6, 6.07) is 0.671. The molecule has 200 valence electrons. The van der Waals surface area contributed by atoms with Crippen molar-refractivity contribution in [1.82, 2.24) is 5.32 Å². The Morgan fingerprint density at radius 2 is 1.83 bits per heavy atom. The lowest BCUT2D eigenvalue weighted by molar-refractivity contribution is -0.201. The Kier molecular flexibility index (Phi) is 7.88. The molecule has 0 aliphatic heterocycles. The van der Waals surface area contributed by atoms with Crippen molar-refractivity contribution in [2.24, 2.45) is 40.4 Å². The highest BCUT2D eigenvalue weighted by Gasteiger charge is 2.63. The lowest BCUT2D eigenvalue weighted by atomic mass is 9.43. The van der Waals surface area contributed by atoms with Crippen LogP contribution in [-0.2, 0) is 14.3 Å². The Bertz CT molecular complexity index is 738. The van der Waals surface area contributed by atoms with Gasteiger partial charge < -0.3 is 19.9 Å². The van der Waals surface area contributed by atoms with Crippen LogP contribution in [0.3, 0.4) is 0 Å². The van der Waals surface area contributed by atoms with Gasteiger partial charge in [-0.1, -0.05) is 39.5 Å². The first-order valence-corrected chi connectivity index (χ1v) is 15.1. The van der Waals surface area contributed by atoms with E-state index in [1.54, 1.807) is 0 Å². The van der Waals surface area contributed by atoms with Crippen LogP contribution < -0.4 is 5.32 Å². The second-order valence-electron chi connectivity index (χ2n) is 13.4. The van der Waals surface area contributed by atoms with Crippen molar-refractivity contribution in [3.63, 3.8) is 0 Å². The molecular formula is C30H51NO4. The summed E-state index contributed by atoms with van der Waals surface area (Å²) in [6.45, 7) is 8.97. The molecule has 0 aromatic rings. The maximum atomic E-state index is 12.8. The number of carbonyl (C=O) groups excluding carboxylic acids is 1. The van der Waals surface area contributed by atoms with E-state index in [0.717, 1.165) is 38.3 Å². The van der Waals surface area contributed by atoms with Gasteiger partial charge in [-0.3, -0.25) is 4.79 Å². The highest BCUT2D eigenvalue weighted by atomic mass is 16.5. The molecule has 5 nitrogen and oxygen atoms in total. The van der Waals surface area contributed by atoms with Crippen LogP contribution in [0.1, 0.15) is 104 Å². The van der Waals surface area contributed by atoms with Gasteiger partial charge in [0, 0.05) is 12.6 Å². The summed E-state index contributed by atoms with van der Waals surface area (Å²) in [6.07, 6.45) is 15.6. The number of hydrogen-bond acceptors (Lipinski definition) is 5. The van der Waals surface area contributed by atoms with Gasteiger partial charge in [0.25, 0.3) is 0 Å². The van der Waals surface area contributed by atoms with Crippen molar-refractivity contribution in [2.45, 2.75) is 122 Å². The number of hydrogen-bond donors (Lipinski definition) is 2. The molecule has 9 atom stereocenters. The van der Waals surface area contributed by atoms with Crippen LogP contribution in [0.2, 0.25) is 0 Å². The minimum atomic E-state index is -0.567. The molecule has 2 N–H and O–H groups in total. The average Bonchev–Trinajstić information content (AvgIpc) is 3.24. The molecule has 4 unspecified atom stereocenters. The summed E-state index contributed by atoms with van der Waals surface area (Å²) in [5.74, 6) is 1.85. The fraction of sp³-hybridized carbons (Fsp3) is 0.967. The first kappa shape index (κ1) is 26.0. The Hall–Kier alpha value is -0.650. The molecule has 5 saturated carbocycles. The van der Waals surface area contributed by atoms with E-state index in [1.165, 1.54) is 64.2 Å². The SMILES string of the molecule is CCOC(=O)C1C[C@@]2(C)C(CC[C@@H]3[C@H]2C(OCCNC2CCCCC2)C[C@]2(C)CCC[C@@H]32)CC1O. The van der Waals surface area contributed by atoms with E-state index in [2.05, 4.69) is 19.2 Å². The first-order chi connectivity index (χ1) is 16.9. The number of aliphatic hydroxyl groups is 1. The van der Waals surface area contributed by atoms with Gasteiger partial charge in [-0.25, -0.2) is 0 Å². The summed E-state index contributed by atoms with van der Waals surface area (Å²) < 4.78 is 12.3. The standard InChI is InChI=1S/C30H51NO4/c1-4-34-28(33)23-18-30(3)20(17-25(23)32)12-13-22-24-11-8-14-29(24,2)19-26(27(22)30)35-16-15-31-21-9-6-5-7-10-21/h20-27,31-32H,4-19H2,1-3H3/t20?,22-,23?,24-,25?,26?,27-,29-,30-/m0/s1. The molecule has 0 spiro atoms. The number of nitrogens with one attached hydrogen (secondary N) is 1. The second-order valence-corrected chi connectivity index (χ2v) is 13.4. The third-order valence-corrected chi connectivity index (χ3v) is 11.5. The predicted molar refractivity (Wildman–Crippen MR) is 138 cm³/mol. The molecule has 0 amide bonds. The number of carbonyl (C=O) groups is 1. The van der Waals surface area contributed by atoms with Crippen molar-refractivity contribution in [3.05, 3.63) is 0 Å². The number of aliphatic hydroxyl groups excluding tert-OH is 1. The third kappa shape index (κ3) is 4.95. The van der Waals surface area contributed by atoms with Crippen LogP contribution in [-0.4, -0.2) is 49.1 Å². The molecule has 35 heavy (non-hydrogen) atoms. The highest BCUT2D eigenvalue weighted by molar-refractivity contribution is 5.73. The van der Waals surface area contributed by atoms with Crippen molar-refractivity contribution >= 4 is 5.97 Å². The molecule has 0 aromatic heterocycles. The van der Waals surface area contributed by atoms with Crippen LogP contribution in [0.5, 0.6) is 0 Å². The summed E-state index contributed by atoms with van der Waals surface area (Å²) in [7, 11) is 0. The number of rotatable bonds is 7. The maximum absolute atomic E-state index is 12.8. The number of esters is 1. The summed E-state index contributed by atoms with van der Waals surface area (Å²) in [4.78, 5) is 12.8. The van der Waals surface area contributed by atoms with Gasteiger partial charge >= 0.3 is 5.97 Å². The Balaban J connectivity index is 1.34. The Morgan fingerprint density at radius 1 is 1.03 bits per heavy atom. The largest absolute Gasteiger partial charge is 0.466 e. The minimum absolute atomic E-state index is 0.0327. The molecule has 0 radical (unpaired) electrons. The zero-order valence-corrected chi connectivity index (χ0v) is 22.6. The monoisotopic (exact) mass is 489 g/mol. The molecule has 0 saturated heterocycles. The van der Waals surface area contributed by atoms with Gasteiger partial charge in [-0.15, -0.1) is 0 Å². The fourth-order valence-corrected chi connectivity index (χ4v) is 9.83. The quantitative estimate of drug-likeness (QED) is 0.366. The molecule has 5 aliphatic carbocycles. The van der Waals surface area contributed by atoms with Crippen molar-refractivity contribution < 1.29 is 19.4 Å². The van der Waals surface area contributed by atoms with E-state index in [1.807, 2.05) is 6.92 Å². The van der Waals surface area contributed by atoms with E-state index in [-0.39, 0.29) is 23.4 Å². The lowest BCUT2D eigenvalue weighted by Crippen LogP contribution is -2.60. The normalized spacial score (nSPS) is 45.9. The molecule has 0 bridgehead atoms. The number of ether oxygens (including phenoxy) is 2. The number of fused-ring (bicyclic) bond motifs is 5. The van der Waals surface area contributed by atoms with Crippen LogP contribution in [0.15, 0.2) is 0 Å². The molecule has 5 rings (SSSR count). The van der Waals surface area contributed by atoms with E-state index in [9.17, 15) is 9.90 Å². The molecule has 5 fully saturated rings. The summed E-state index contributed by atoms with van der Waals surface area (Å²) >= 11 is 0. The van der Waals surface area contributed by atoms with Gasteiger partial charge in [0.2, 0.25) is 0 Å². The topological polar surface area (TPSA) is 67.8 Å². The minimum Gasteiger partial charge on any atom is -0.466 e. The van der Waals surface area contributed by atoms with Gasteiger partial charge in [-0.05, 0) is 99.2 Å². The van der Waals surface area contributed by atoms with Crippen molar-refractivity contribution in [2.75, 3.05) is 19.8 Å². The zero-order chi connectivity index (χ0) is 24.6. The molecule has 5 heteroatoms. The molecular weight excluding hydrogens is 438 g/mol. The molecule has 0 aromatic carbocycles. The average molecular weight is 490 g/mol. The van der Waals surface area contributed by atoms with Crippen LogP contribution in [0.25, 0.3) is 0 Å². The van der Waals surface area contributed by atoms with Crippen LogP contribution in [0, 0.1) is 40.4 Å². The van der Waals surface area contributed by atoms with Gasteiger partial charge in [0.05, 0.1) is 31.3 Å². The van der Waals surface area contributed by atoms with Crippen molar-refractivity contribution in [3.8, 4) is 0 Å². The summed E-state index contributed by atoms with van der Waals surface area (Å²) in [5, 5.41) is 14.7. The fourth-order valence-electron chi connectivity index (χ4n) is 9.83. The smallest absolute Gasteiger partial charge is 0.311 e.